The molecule has 8 heterocycles. The van der Waals surface area contributed by atoms with Crippen LogP contribution in [0.1, 0.15) is 191 Å². The fraction of sp³-hybridized carbons (Fsp3) is 0.432. The zero-order chi connectivity index (χ0) is 105. The minimum Gasteiger partial charge on any atom is -0.442 e. The van der Waals surface area contributed by atoms with Crippen molar-refractivity contribution in [1.82, 2.24) is 53.0 Å². The topological polar surface area (TPSA) is 410 Å². The molecule has 0 atom stereocenters. The van der Waals surface area contributed by atoms with Crippen molar-refractivity contribution in [2.75, 3.05) is 78.4 Å². The second-order valence-electron chi connectivity index (χ2n) is 33.3. The van der Waals surface area contributed by atoms with Crippen LogP contribution in [0.2, 0.25) is 40.2 Å². The molecule has 0 aliphatic carbocycles. The summed E-state index contributed by atoms with van der Waals surface area (Å²) in [7, 11) is -9.58. The van der Waals surface area contributed by atoms with Gasteiger partial charge in [0.25, 0.3) is 0 Å². The van der Waals surface area contributed by atoms with Crippen LogP contribution in [0.15, 0.2) is 185 Å². The molecule has 4 aromatic carbocycles. The monoisotopic (exact) mass is 2260 g/mol. The summed E-state index contributed by atoms with van der Waals surface area (Å²) in [4.78, 5) is 76.2. The summed E-state index contributed by atoms with van der Waals surface area (Å²) in [6.07, 6.45) is 10.0. The van der Waals surface area contributed by atoms with Crippen LogP contribution in [0.25, 0.3) is 0 Å². The minimum absolute atomic E-state index is 0.0169. The standard InChI is InChI=1S/2C25H35Cl2N4O5PS.C25H31Cl2N4O5PS.C20H20Cl2N4O2S/c3*1-5-35-37(33,36-6-2)16-30-9-7-18(8-10-30)14-31-22(15-34-25(28)32)29-23(17(3)4)24(31)38-21-12-19(26)11-20(27)13-21;1-12(2)18-19(29-16-8-14(21)7-15(22)9-16)26(10-13-3-5-24-6-4-13)17(25-18)11-28-20(23)27/h2*7,11-13,17H,5-6,8-10,14-16H2,1-4H3,(H2,28,32);7-13,17H,5-6,14-16H2,1-4H3,(H-,28,32);3-9,12H,10-11H2,1-2H3,(H2,23,27)/p+1. The first-order valence-corrected chi connectivity index (χ1v) is 57.3. The van der Waals surface area contributed by atoms with Crippen LogP contribution >= 0.6 is 163 Å². The predicted molar refractivity (Wildman–Crippen MR) is 565 cm³/mol. The number of hydrogen-bond donors (Lipinski definition) is 4. The Hall–Kier alpha value is -7.33. The van der Waals surface area contributed by atoms with Crippen LogP contribution in [-0.2, 0) is 119 Å². The van der Waals surface area contributed by atoms with Gasteiger partial charge in [0.15, 0.2) is 38.8 Å². The molecule has 10 aromatic rings. The summed E-state index contributed by atoms with van der Waals surface area (Å²) in [5, 5.41) is 7.98. The second-order valence-corrected chi connectivity index (χ2v) is 47.1. The average Bonchev–Trinajstić information content (AvgIpc) is 1.66. The maximum absolute atomic E-state index is 13.0. The van der Waals surface area contributed by atoms with Gasteiger partial charge in [-0.25, -0.2) is 39.1 Å². The lowest BCUT2D eigenvalue weighted by molar-refractivity contribution is -0.680. The molecule has 2 aliphatic heterocycles. The first-order valence-electron chi connectivity index (χ1n) is 45.9. The Labute approximate surface area is 892 Å². The van der Waals surface area contributed by atoms with E-state index in [2.05, 4.69) is 77.6 Å². The Morgan fingerprint density at radius 1 is 0.371 bits per heavy atom. The number of ether oxygens (including phenoxy) is 4. The fourth-order valence-electron chi connectivity index (χ4n) is 14.6. The maximum Gasteiger partial charge on any atom is 0.404 e. The number of pyridine rings is 2. The number of hydrogen-bond acceptors (Lipinski definition) is 28. The largest absolute Gasteiger partial charge is 0.442 e. The quantitative estimate of drug-likeness (QED) is 0.0119. The first-order chi connectivity index (χ1) is 67.9. The Bertz CT molecular complexity index is 5890. The SMILES string of the molecule is CC(C)c1nc(COC(N)=O)n(Cc2ccncc2)c1Sc1cc(Cl)cc(Cl)c1.CCOP(=O)(CN1CC=C(Cn2c(COC(N)=O)nc(C(C)C)c2Sc2cc(Cl)cc(Cl)c2)CC1)OCC.CCOP(=O)(CN1CC=C(Cn2c(COC(N)=O)nc(C(C)C)c2Sc2cc(Cl)cc(Cl)c2)CC1)OCC.CCOP(=O)(C[n+]1ccc(Cn2c(COC(N)=O)nc(C(C)C)c2Sc2cc(Cl)cc(Cl)c2)cc1)OCC. The van der Waals surface area contributed by atoms with Crippen LogP contribution < -0.4 is 27.5 Å². The molecular formula is C95H122Cl8N16O17P3S4+. The van der Waals surface area contributed by atoms with Gasteiger partial charge < -0.3 is 87.3 Å². The highest BCUT2D eigenvalue weighted by Crippen LogP contribution is 2.52. The van der Waals surface area contributed by atoms with E-state index >= 15 is 0 Å². The number of rotatable bonds is 46. The molecule has 0 unspecified atom stereocenters. The Balaban J connectivity index is 0.000000214. The van der Waals surface area contributed by atoms with Crippen molar-refractivity contribution >= 4 is 187 Å². The summed E-state index contributed by atoms with van der Waals surface area (Å²) >= 11 is 55.9. The summed E-state index contributed by atoms with van der Waals surface area (Å²) in [6.45, 7) is 33.7. The molecule has 143 heavy (non-hydrogen) atoms. The number of nitrogens with two attached hydrogens (primary N) is 4. The predicted octanol–water partition coefficient (Wildman–Crippen LogP) is 26.0. The van der Waals surface area contributed by atoms with Gasteiger partial charge in [-0.15, -0.1) is 0 Å². The van der Waals surface area contributed by atoms with Crippen molar-refractivity contribution in [3.8, 4) is 0 Å². The lowest BCUT2D eigenvalue weighted by atomic mass is 10.1. The van der Waals surface area contributed by atoms with Gasteiger partial charge in [-0.1, -0.05) is 219 Å². The number of amides is 4. The molecule has 0 radical (unpaired) electrons. The Morgan fingerprint density at radius 2 is 0.615 bits per heavy atom. The van der Waals surface area contributed by atoms with Crippen molar-refractivity contribution in [3.63, 3.8) is 0 Å². The molecule has 8 N–H and O–H groups in total. The summed E-state index contributed by atoms with van der Waals surface area (Å²) in [5.74, 6) is 2.83. The van der Waals surface area contributed by atoms with Crippen molar-refractivity contribution in [3.05, 3.63) is 243 Å². The summed E-state index contributed by atoms with van der Waals surface area (Å²) < 4.78 is 102. The van der Waals surface area contributed by atoms with Crippen LogP contribution in [-0.4, -0.2) is 156 Å². The van der Waals surface area contributed by atoms with Crippen molar-refractivity contribution in [1.29, 1.82) is 0 Å². The van der Waals surface area contributed by atoms with Gasteiger partial charge in [0.1, 0.15) is 56.0 Å². The molecule has 48 heteroatoms. The summed E-state index contributed by atoms with van der Waals surface area (Å²) in [6, 6.07) is 29.2. The van der Waals surface area contributed by atoms with Gasteiger partial charge in [0.05, 0.1) is 75.5 Å². The molecule has 2 aliphatic rings. The third-order valence-corrected chi connectivity index (χ3v) is 33.0. The molecule has 12 rings (SSSR count). The van der Waals surface area contributed by atoms with E-state index in [9.17, 15) is 32.9 Å². The molecular weight excluding hydrogens is 2140 g/mol. The smallest absolute Gasteiger partial charge is 0.404 e. The van der Waals surface area contributed by atoms with E-state index in [-0.39, 0.29) is 69.0 Å². The number of benzene rings is 4. The Kier molecular flexibility index (Phi) is 48.4. The van der Waals surface area contributed by atoms with Gasteiger partial charge in [-0.2, -0.15) is 4.57 Å². The highest BCUT2D eigenvalue weighted by Gasteiger charge is 2.35. The van der Waals surface area contributed by atoms with E-state index in [4.69, 9.17) is 182 Å². The lowest BCUT2D eigenvalue weighted by Gasteiger charge is -2.29. The molecule has 4 amide bonds. The number of primary amides is 4. The van der Waals surface area contributed by atoms with E-state index in [0.717, 1.165) is 86.4 Å². The van der Waals surface area contributed by atoms with Crippen molar-refractivity contribution < 1.29 is 83.5 Å². The first kappa shape index (κ1) is 119. The fourth-order valence-corrected chi connectivity index (χ4v) is 27.4. The molecule has 0 spiro atoms. The van der Waals surface area contributed by atoms with Crippen LogP contribution in [0, 0.1) is 0 Å². The average molecular weight is 2260 g/mol. The molecule has 0 saturated heterocycles. The maximum atomic E-state index is 13.0. The lowest BCUT2D eigenvalue weighted by Crippen LogP contribution is -2.33. The van der Waals surface area contributed by atoms with E-state index in [1.165, 1.54) is 58.2 Å². The van der Waals surface area contributed by atoms with E-state index in [1.807, 2.05) is 136 Å². The summed E-state index contributed by atoms with van der Waals surface area (Å²) in [5.41, 5.74) is 28.7. The van der Waals surface area contributed by atoms with Crippen LogP contribution in [0.5, 0.6) is 0 Å². The van der Waals surface area contributed by atoms with E-state index < -0.39 is 47.2 Å². The normalized spacial score (nSPS) is 13.2. The Morgan fingerprint density at radius 3 is 0.846 bits per heavy atom. The van der Waals surface area contributed by atoms with Gasteiger partial charge in [0, 0.05) is 124 Å². The van der Waals surface area contributed by atoms with Gasteiger partial charge in [-0.3, -0.25) is 28.5 Å². The number of nitrogens with zero attached hydrogens (tertiary/aromatic N) is 12. The van der Waals surface area contributed by atoms with Crippen molar-refractivity contribution in [2.24, 2.45) is 22.9 Å². The molecule has 6 aromatic heterocycles. The zero-order valence-corrected chi connectivity index (χ0v) is 93.9. The van der Waals surface area contributed by atoms with E-state index in [1.54, 1.807) is 55.1 Å². The third kappa shape index (κ3) is 38.0. The molecule has 0 fully saturated rings. The zero-order valence-electron chi connectivity index (χ0n) is 81.9. The van der Waals surface area contributed by atoms with Crippen LogP contribution in [0.4, 0.5) is 19.2 Å². The second kappa shape index (κ2) is 58.0. The number of aromatic nitrogens is 10. The molecule has 778 valence electrons. The number of carbonyl (C=O) groups excluding carboxylic acids is 4. The number of carbonyl (C=O) groups is 4. The molecule has 0 saturated carbocycles. The third-order valence-electron chi connectivity index (χ3n) is 20.8. The number of halogens is 8. The van der Waals surface area contributed by atoms with Gasteiger partial charge >= 0.3 is 47.2 Å². The molecule has 33 nitrogen and oxygen atoms in total. The van der Waals surface area contributed by atoms with Gasteiger partial charge in [-0.05, 0) is 174 Å². The highest BCUT2D eigenvalue weighted by molar-refractivity contribution is 8.00. The van der Waals surface area contributed by atoms with Crippen LogP contribution in [0.3, 0.4) is 0 Å². The number of imidazole rings is 4. The minimum atomic E-state index is -3.25. The van der Waals surface area contributed by atoms with Gasteiger partial charge in [0.2, 0.25) is 6.29 Å². The van der Waals surface area contributed by atoms with Crippen molar-refractivity contribution in [2.45, 2.75) is 232 Å². The molecule has 0 bridgehead atoms. The van der Waals surface area contributed by atoms with E-state index in [0.29, 0.717) is 155 Å². The highest BCUT2D eigenvalue weighted by atomic mass is 35.5.